The maximum absolute atomic E-state index is 13.5. The van der Waals surface area contributed by atoms with Crippen LogP contribution in [-0.4, -0.2) is 0 Å². The smallest absolute Gasteiger partial charge is 0.198 e. The molecule has 0 aliphatic heterocycles. The molecule has 0 bridgehead atoms. The summed E-state index contributed by atoms with van der Waals surface area (Å²) in [6, 6.07) is 4.46. The fraction of sp³-hybridized carbons (Fsp3) is 0. The van der Waals surface area contributed by atoms with Gasteiger partial charge >= 0.3 is 0 Å². The molecule has 0 nitrogen and oxygen atoms in total. The number of benzene rings is 2. The molecule has 0 spiro atoms. The number of halogens is 6. The Balaban J connectivity index is 2.71. The van der Waals surface area contributed by atoms with E-state index in [2.05, 4.69) is 0 Å². The second-order valence-corrected chi connectivity index (χ2v) is 4.38. The highest BCUT2D eigenvalue weighted by molar-refractivity contribution is 6.35. The Morgan fingerprint density at radius 3 is 1.78 bits per heavy atom. The predicted molar refractivity (Wildman–Crippen MR) is 61.7 cm³/mol. The normalized spacial score (nSPS) is 10.8. The van der Waals surface area contributed by atoms with Crippen molar-refractivity contribution in [3.63, 3.8) is 0 Å². The first-order valence-electron chi connectivity index (χ1n) is 4.69. The zero-order chi connectivity index (χ0) is 13.4. The minimum Gasteiger partial charge on any atom is -0.204 e. The fourth-order valence-corrected chi connectivity index (χ4v) is 2.02. The molecule has 0 fully saturated rings. The minimum atomic E-state index is -1.87. The maximum Gasteiger partial charge on any atom is 0.198 e. The van der Waals surface area contributed by atoms with Crippen LogP contribution in [0.2, 0.25) is 10.0 Å². The zero-order valence-corrected chi connectivity index (χ0v) is 10.1. The predicted octanol–water partition coefficient (Wildman–Crippen LogP) is 5.22. The molecule has 0 radical (unpaired) electrons. The SMILES string of the molecule is Fc1cc(-c2cc(Cl)cc(Cl)c2)c(F)c(F)c1F. The van der Waals surface area contributed by atoms with Gasteiger partial charge in [0, 0.05) is 15.6 Å². The molecule has 0 unspecified atom stereocenters. The van der Waals surface area contributed by atoms with E-state index < -0.39 is 28.8 Å². The lowest BCUT2D eigenvalue weighted by Crippen LogP contribution is -1.98. The molecule has 0 aliphatic rings. The van der Waals surface area contributed by atoms with E-state index in [1.165, 1.54) is 18.2 Å². The summed E-state index contributed by atoms with van der Waals surface area (Å²) in [6.07, 6.45) is 0. The van der Waals surface area contributed by atoms with Crippen LogP contribution in [0.15, 0.2) is 24.3 Å². The molecule has 0 saturated carbocycles. The lowest BCUT2D eigenvalue weighted by Gasteiger charge is -2.07. The fourth-order valence-electron chi connectivity index (χ4n) is 1.49. The molecule has 0 saturated heterocycles. The van der Waals surface area contributed by atoms with Crippen LogP contribution in [0.25, 0.3) is 11.1 Å². The summed E-state index contributed by atoms with van der Waals surface area (Å²) in [7, 11) is 0. The van der Waals surface area contributed by atoms with Crippen LogP contribution >= 0.6 is 23.2 Å². The van der Waals surface area contributed by atoms with Crippen molar-refractivity contribution in [2.75, 3.05) is 0 Å². The van der Waals surface area contributed by atoms with Gasteiger partial charge in [-0.1, -0.05) is 23.2 Å². The molecule has 0 aliphatic carbocycles. The van der Waals surface area contributed by atoms with Crippen molar-refractivity contribution < 1.29 is 17.6 Å². The molecule has 0 atom stereocenters. The van der Waals surface area contributed by atoms with E-state index in [-0.39, 0.29) is 15.6 Å². The highest BCUT2D eigenvalue weighted by Crippen LogP contribution is 2.31. The van der Waals surface area contributed by atoms with E-state index in [4.69, 9.17) is 23.2 Å². The Kier molecular flexibility index (Phi) is 3.50. The second kappa shape index (κ2) is 4.78. The lowest BCUT2D eigenvalue weighted by molar-refractivity contribution is 0.411. The Morgan fingerprint density at radius 1 is 0.667 bits per heavy atom. The first-order chi connectivity index (χ1) is 8.40. The molecule has 94 valence electrons. The van der Waals surface area contributed by atoms with Gasteiger partial charge in [0.25, 0.3) is 0 Å². The summed E-state index contributed by atoms with van der Waals surface area (Å²) in [5, 5.41) is 0.337. The van der Waals surface area contributed by atoms with Gasteiger partial charge in [-0.3, -0.25) is 0 Å². The number of rotatable bonds is 1. The average molecular weight is 295 g/mol. The molecule has 0 N–H and O–H groups in total. The van der Waals surface area contributed by atoms with Crippen molar-refractivity contribution in [2.24, 2.45) is 0 Å². The van der Waals surface area contributed by atoms with Gasteiger partial charge in [-0.15, -0.1) is 0 Å². The zero-order valence-electron chi connectivity index (χ0n) is 8.58. The third kappa shape index (κ3) is 2.31. The summed E-state index contributed by atoms with van der Waals surface area (Å²) in [6.45, 7) is 0. The molecular formula is C12H4Cl2F4. The molecule has 2 rings (SSSR count). The van der Waals surface area contributed by atoms with Crippen molar-refractivity contribution in [3.05, 3.63) is 57.6 Å². The van der Waals surface area contributed by atoms with Crippen LogP contribution in [0.1, 0.15) is 0 Å². The molecular weight excluding hydrogens is 291 g/mol. The molecule has 0 amide bonds. The highest BCUT2D eigenvalue weighted by Gasteiger charge is 2.20. The Labute approximate surface area is 110 Å². The van der Waals surface area contributed by atoms with E-state index >= 15 is 0 Å². The summed E-state index contributed by atoms with van der Waals surface area (Å²) in [4.78, 5) is 0. The molecule has 0 heterocycles. The van der Waals surface area contributed by atoms with Gasteiger partial charge in [-0.2, -0.15) is 0 Å². The lowest BCUT2D eigenvalue weighted by atomic mass is 10.0. The first-order valence-corrected chi connectivity index (χ1v) is 5.45. The molecule has 6 heteroatoms. The Hall–Kier alpha value is -1.26. The van der Waals surface area contributed by atoms with Crippen molar-refractivity contribution >= 4 is 23.2 Å². The third-order valence-electron chi connectivity index (χ3n) is 2.28. The summed E-state index contributed by atoms with van der Waals surface area (Å²) in [5.41, 5.74) is -0.390. The minimum absolute atomic E-state index is 0.0581. The highest BCUT2D eigenvalue weighted by atomic mass is 35.5. The standard InChI is InChI=1S/C12H4Cl2F4/c13-6-1-5(2-7(14)3-6)8-4-9(15)11(17)12(18)10(8)16/h1-4H. The number of hydrogen-bond acceptors (Lipinski definition) is 0. The summed E-state index contributed by atoms with van der Waals surface area (Å²) >= 11 is 11.4. The van der Waals surface area contributed by atoms with Gasteiger partial charge in [-0.25, -0.2) is 17.6 Å². The third-order valence-corrected chi connectivity index (χ3v) is 2.71. The van der Waals surface area contributed by atoms with Gasteiger partial charge in [0.05, 0.1) is 0 Å². The van der Waals surface area contributed by atoms with Crippen molar-refractivity contribution in [1.82, 2.24) is 0 Å². The van der Waals surface area contributed by atoms with E-state index in [0.717, 1.165) is 0 Å². The van der Waals surface area contributed by atoms with Crippen LogP contribution in [0.3, 0.4) is 0 Å². The Morgan fingerprint density at radius 2 is 1.22 bits per heavy atom. The quantitative estimate of drug-likeness (QED) is 0.384. The van der Waals surface area contributed by atoms with Crippen LogP contribution in [0, 0.1) is 23.3 Å². The molecule has 2 aromatic carbocycles. The van der Waals surface area contributed by atoms with Crippen LogP contribution < -0.4 is 0 Å². The molecule has 0 aromatic heterocycles. The van der Waals surface area contributed by atoms with Gasteiger partial charge in [-0.05, 0) is 29.8 Å². The topological polar surface area (TPSA) is 0 Å². The van der Waals surface area contributed by atoms with Crippen molar-refractivity contribution in [1.29, 1.82) is 0 Å². The van der Waals surface area contributed by atoms with Crippen LogP contribution in [-0.2, 0) is 0 Å². The van der Waals surface area contributed by atoms with Crippen molar-refractivity contribution in [2.45, 2.75) is 0 Å². The van der Waals surface area contributed by atoms with E-state index in [0.29, 0.717) is 6.07 Å². The van der Waals surface area contributed by atoms with Gasteiger partial charge < -0.3 is 0 Å². The van der Waals surface area contributed by atoms with Crippen LogP contribution in [0.4, 0.5) is 17.6 Å². The van der Waals surface area contributed by atoms with E-state index in [1.807, 2.05) is 0 Å². The van der Waals surface area contributed by atoms with Gasteiger partial charge in [0.2, 0.25) is 0 Å². The monoisotopic (exact) mass is 294 g/mol. The van der Waals surface area contributed by atoms with Gasteiger partial charge in [0.1, 0.15) is 0 Å². The Bertz CT molecular complexity index is 606. The molecule has 2 aromatic rings. The van der Waals surface area contributed by atoms with Crippen molar-refractivity contribution in [3.8, 4) is 11.1 Å². The van der Waals surface area contributed by atoms with E-state index in [1.54, 1.807) is 0 Å². The summed E-state index contributed by atoms with van der Waals surface area (Å²) in [5.74, 6) is -6.71. The maximum atomic E-state index is 13.5. The second-order valence-electron chi connectivity index (χ2n) is 3.51. The van der Waals surface area contributed by atoms with Gasteiger partial charge in [0.15, 0.2) is 23.3 Å². The first kappa shape index (κ1) is 13.2. The molecule has 18 heavy (non-hydrogen) atoms. The van der Waals surface area contributed by atoms with Crippen LogP contribution in [0.5, 0.6) is 0 Å². The largest absolute Gasteiger partial charge is 0.204 e. The summed E-state index contributed by atoms with van der Waals surface area (Å²) < 4.78 is 52.5. The number of hydrogen-bond donors (Lipinski definition) is 0. The van der Waals surface area contributed by atoms with E-state index in [9.17, 15) is 17.6 Å². The average Bonchev–Trinajstić information content (AvgIpc) is 2.30.